The van der Waals surface area contributed by atoms with Crippen molar-refractivity contribution < 1.29 is 14.1 Å². The van der Waals surface area contributed by atoms with E-state index in [9.17, 15) is 9.32 Å². The van der Waals surface area contributed by atoms with Crippen molar-refractivity contribution >= 4 is 22.4 Å². The monoisotopic (exact) mass is 301 g/mol. The van der Waals surface area contributed by atoms with Gasteiger partial charge in [0.25, 0.3) is 0 Å². The molecule has 102 valence electrons. The van der Waals surface area contributed by atoms with Crippen molar-refractivity contribution in [1.29, 1.82) is 0 Å². The van der Waals surface area contributed by atoms with Crippen LogP contribution in [0.2, 0.25) is 5.02 Å². The van der Waals surface area contributed by atoms with Gasteiger partial charge in [-0.1, -0.05) is 11.6 Å². The molecular formula is C11H12ClN3O3S. The fourth-order valence-electron chi connectivity index (χ4n) is 1.33. The van der Waals surface area contributed by atoms with E-state index in [0.29, 0.717) is 10.8 Å². The highest BCUT2D eigenvalue weighted by atomic mass is 35.5. The van der Waals surface area contributed by atoms with Crippen LogP contribution in [0.4, 0.5) is 0 Å². The predicted molar refractivity (Wildman–Crippen MR) is 70.6 cm³/mol. The van der Waals surface area contributed by atoms with Gasteiger partial charge in [0, 0.05) is 5.02 Å². The molecule has 0 amide bonds. The van der Waals surface area contributed by atoms with Crippen LogP contribution in [0, 0.1) is 0 Å². The summed E-state index contributed by atoms with van der Waals surface area (Å²) in [5, 5.41) is 16.7. The van der Waals surface area contributed by atoms with Crippen molar-refractivity contribution in [1.82, 2.24) is 15.2 Å². The van der Waals surface area contributed by atoms with E-state index in [2.05, 4.69) is 15.2 Å². The summed E-state index contributed by atoms with van der Waals surface area (Å²) in [4.78, 5) is 3.76. The standard InChI is InChI=1S/C11H12ClN3O3S/c12-8-1-3-10(4-2-8)18-5-9(16)6-19(17)11-13-7-14-15-11/h1-4,7,9,16H,5-6H2,(H,13,14,15)/t9-,19-/m0/s1. The number of nitrogens with one attached hydrogen (secondary N) is 1. The van der Waals surface area contributed by atoms with Crippen molar-refractivity contribution in [2.75, 3.05) is 12.4 Å². The fraction of sp³-hybridized carbons (Fsp3) is 0.273. The predicted octanol–water partition coefficient (Wildman–Crippen LogP) is 1.01. The van der Waals surface area contributed by atoms with Crippen LogP contribution in [0.25, 0.3) is 0 Å². The lowest BCUT2D eigenvalue weighted by molar-refractivity contribution is 0.125. The van der Waals surface area contributed by atoms with Gasteiger partial charge in [0.15, 0.2) is 0 Å². The Balaban J connectivity index is 1.80. The molecule has 1 heterocycles. The number of halogens is 1. The number of ether oxygens (including phenoxy) is 1. The summed E-state index contributed by atoms with van der Waals surface area (Å²) in [5.41, 5.74) is 0. The summed E-state index contributed by atoms with van der Waals surface area (Å²) in [5.74, 6) is 0.622. The highest BCUT2D eigenvalue weighted by Gasteiger charge is 2.14. The van der Waals surface area contributed by atoms with Crippen LogP contribution in [-0.4, -0.2) is 43.0 Å². The second-order valence-electron chi connectivity index (χ2n) is 3.72. The maximum absolute atomic E-state index is 11.7. The second-order valence-corrected chi connectivity index (χ2v) is 5.57. The first-order valence-corrected chi connectivity index (χ1v) is 7.15. The molecule has 0 aliphatic carbocycles. The van der Waals surface area contributed by atoms with Crippen molar-refractivity contribution in [2.24, 2.45) is 0 Å². The number of H-pyrrole nitrogens is 1. The highest BCUT2D eigenvalue weighted by molar-refractivity contribution is 7.84. The summed E-state index contributed by atoms with van der Waals surface area (Å²) < 4.78 is 17.1. The smallest absolute Gasteiger partial charge is 0.214 e. The van der Waals surface area contributed by atoms with Gasteiger partial charge in [-0.05, 0) is 24.3 Å². The van der Waals surface area contributed by atoms with Crippen LogP contribution in [0.1, 0.15) is 0 Å². The van der Waals surface area contributed by atoms with Gasteiger partial charge in [0.05, 0.1) is 22.7 Å². The van der Waals surface area contributed by atoms with E-state index in [0.717, 1.165) is 0 Å². The molecular weight excluding hydrogens is 290 g/mol. The third-order valence-electron chi connectivity index (χ3n) is 2.21. The van der Waals surface area contributed by atoms with Crippen molar-refractivity contribution in [3.63, 3.8) is 0 Å². The first-order chi connectivity index (χ1) is 9.15. The molecule has 2 N–H and O–H groups in total. The summed E-state index contributed by atoms with van der Waals surface area (Å²) in [7, 11) is -1.42. The van der Waals surface area contributed by atoms with E-state index in [1.807, 2.05) is 0 Å². The number of aromatic amines is 1. The zero-order valence-corrected chi connectivity index (χ0v) is 11.4. The van der Waals surface area contributed by atoms with E-state index in [-0.39, 0.29) is 17.5 Å². The zero-order chi connectivity index (χ0) is 13.7. The maximum atomic E-state index is 11.7. The highest BCUT2D eigenvalue weighted by Crippen LogP contribution is 2.15. The number of hydrogen-bond acceptors (Lipinski definition) is 5. The zero-order valence-electron chi connectivity index (χ0n) is 9.82. The number of aromatic nitrogens is 3. The molecule has 1 aromatic carbocycles. The van der Waals surface area contributed by atoms with E-state index in [4.69, 9.17) is 16.3 Å². The number of aliphatic hydroxyl groups excluding tert-OH is 1. The van der Waals surface area contributed by atoms with Crippen LogP contribution < -0.4 is 4.74 Å². The molecule has 6 nitrogen and oxygen atoms in total. The molecule has 1 aromatic heterocycles. The first-order valence-electron chi connectivity index (χ1n) is 5.45. The fourth-order valence-corrected chi connectivity index (χ4v) is 2.38. The molecule has 0 unspecified atom stereocenters. The lowest BCUT2D eigenvalue weighted by Gasteiger charge is -2.11. The minimum absolute atomic E-state index is 0.0305. The molecule has 0 saturated heterocycles. The Kier molecular flexibility index (Phi) is 4.89. The summed E-state index contributed by atoms with van der Waals surface area (Å²) >= 11 is 5.74. The van der Waals surface area contributed by atoms with Gasteiger partial charge < -0.3 is 9.84 Å². The van der Waals surface area contributed by atoms with Gasteiger partial charge in [-0.25, -0.2) is 4.98 Å². The van der Waals surface area contributed by atoms with Crippen LogP contribution in [-0.2, 0) is 10.8 Å². The Labute approximate surface area is 117 Å². The van der Waals surface area contributed by atoms with Crippen LogP contribution in [0.5, 0.6) is 5.75 Å². The molecule has 0 bridgehead atoms. The summed E-state index contributed by atoms with van der Waals surface area (Å²) in [6.45, 7) is 0.0432. The molecule has 0 fully saturated rings. The second kappa shape index (κ2) is 6.65. The molecule has 2 aromatic rings. The van der Waals surface area contributed by atoms with Crippen molar-refractivity contribution in [3.8, 4) is 5.75 Å². The average molecular weight is 302 g/mol. The van der Waals surface area contributed by atoms with Gasteiger partial charge in [-0.3, -0.25) is 9.31 Å². The summed E-state index contributed by atoms with van der Waals surface area (Å²) in [6.07, 6.45) is 0.408. The van der Waals surface area contributed by atoms with Gasteiger partial charge in [-0.15, -0.1) is 0 Å². The molecule has 0 saturated carbocycles. The topological polar surface area (TPSA) is 88.1 Å². The molecule has 0 radical (unpaired) electrons. The number of aliphatic hydroxyl groups is 1. The number of hydrogen-bond donors (Lipinski definition) is 2. The van der Waals surface area contributed by atoms with Gasteiger partial charge in [0.1, 0.15) is 18.7 Å². The van der Waals surface area contributed by atoms with Crippen LogP contribution >= 0.6 is 11.6 Å². The van der Waals surface area contributed by atoms with E-state index >= 15 is 0 Å². The average Bonchev–Trinajstić information content (AvgIpc) is 2.92. The third-order valence-corrected chi connectivity index (χ3v) is 3.78. The van der Waals surface area contributed by atoms with Gasteiger partial charge in [0.2, 0.25) is 5.16 Å². The molecule has 0 aliphatic rings. The minimum atomic E-state index is -1.42. The van der Waals surface area contributed by atoms with E-state index in [1.165, 1.54) is 6.33 Å². The minimum Gasteiger partial charge on any atom is -0.491 e. The number of benzene rings is 1. The molecule has 0 spiro atoms. The summed E-state index contributed by atoms with van der Waals surface area (Å²) in [6, 6.07) is 6.77. The molecule has 2 rings (SSSR count). The quantitative estimate of drug-likeness (QED) is 0.831. The molecule has 19 heavy (non-hydrogen) atoms. The third kappa shape index (κ3) is 4.30. The number of rotatable bonds is 6. The Morgan fingerprint density at radius 2 is 2.16 bits per heavy atom. The molecule has 8 heteroatoms. The van der Waals surface area contributed by atoms with Crippen LogP contribution in [0.15, 0.2) is 35.7 Å². The maximum Gasteiger partial charge on any atom is 0.214 e. The van der Waals surface area contributed by atoms with Crippen molar-refractivity contribution in [3.05, 3.63) is 35.6 Å². The lowest BCUT2D eigenvalue weighted by atomic mass is 10.3. The van der Waals surface area contributed by atoms with Gasteiger partial charge >= 0.3 is 0 Å². The van der Waals surface area contributed by atoms with E-state index in [1.54, 1.807) is 24.3 Å². The first kappa shape index (κ1) is 14.0. The molecule has 0 aliphatic heterocycles. The van der Waals surface area contributed by atoms with Crippen LogP contribution in [0.3, 0.4) is 0 Å². The normalized spacial score (nSPS) is 14.0. The SMILES string of the molecule is O=[S@@](C[C@@H](O)COc1ccc(Cl)cc1)c1ncn[nH]1. The molecule has 2 atom stereocenters. The lowest BCUT2D eigenvalue weighted by Crippen LogP contribution is -2.24. The largest absolute Gasteiger partial charge is 0.491 e. The Hall–Kier alpha value is -1.44. The van der Waals surface area contributed by atoms with Gasteiger partial charge in [-0.2, -0.15) is 5.10 Å². The van der Waals surface area contributed by atoms with Crippen molar-refractivity contribution in [2.45, 2.75) is 11.3 Å². The Bertz CT molecular complexity index is 533. The Morgan fingerprint density at radius 1 is 1.42 bits per heavy atom. The van der Waals surface area contributed by atoms with E-state index < -0.39 is 16.9 Å². The Morgan fingerprint density at radius 3 is 2.79 bits per heavy atom. The number of nitrogens with zero attached hydrogens (tertiary/aromatic N) is 2.